The van der Waals surface area contributed by atoms with Gasteiger partial charge in [0, 0.05) is 18.4 Å². The molecule has 2 aromatic rings. The van der Waals surface area contributed by atoms with Crippen LogP contribution in [0.3, 0.4) is 0 Å². The van der Waals surface area contributed by atoms with Crippen molar-refractivity contribution in [2.24, 2.45) is 0 Å². The molecule has 0 aliphatic carbocycles. The largest absolute Gasteiger partial charge is 0.369 e. The van der Waals surface area contributed by atoms with E-state index in [2.05, 4.69) is 25.3 Å². The Balaban J connectivity index is 2.15. The van der Waals surface area contributed by atoms with Crippen molar-refractivity contribution in [3.63, 3.8) is 0 Å². The molecule has 5 nitrogen and oxygen atoms in total. The van der Waals surface area contributed by atoms with Gasteiger partial charge in [-0.05, 0) is 31.7 Å². The SMILES string of the molecule is CCNc1cncc(Sc2nccc(C)n2)n1. The Morgan fingerprint density at radius 2 is 2.18 bits per heavy atom. The minimum atomic E-state index is 0.688. The summed E-state index contributed by atoms with van der Waals surface area (Å²) in [5.74, 6) is 0.769. The molecular weight excluding hydrogens is 234 g/mol. The lowest BCUT2D eigenvalue weighted by Crippen LogP contribution is -2.00. The topological polar surface area (TPSA) is 63.6 Å². The predicted molar refractivity (Wildman–Crippen MR) is 67.1 cm³/mol. The number of hydrogen-bond donors (Lipinski definition) is 1. The summed E-state index contributed by atoms with van der Waals surface area (Å²) >= 11 is 1.41. The van der Waals surface area contributed by atoms with E-state index in [1.807, 2.05) is 19.9 Å². The number of hydrogen-bond acceptors (Lipinski definition) is 6. The van der Waals surface area contributed by atoms with Crippen LogP contribution in [0.25, 0.3) is 0 Å². The molecule has 0 unspecified atom stereocenters. The second-order valence-electron chi connectivity index (χ2n) is 3.36. The van der Waals surface area contributed by atoms with E-state index in [1.165, 1.54) is 11.8 Å². The van der Waals surface area contributed by atoms with Gasteiger partial charge in [0.2, 0.25) is 0 Å². The molecule has 0 aliphatic heterocycles. The summed E-state index contributed by atoms with van der Waals surface area (Å²) < 4.78 is 0. The zero-order valence-electron chi connectivity index (χ0n) is 9.71. The average Bonchev–Trinajstić information content (AvgIpc) is 2.30. The van der Waals surface area contributed by atoms with Crippen LogP contribution in [-0.4, -0.2) is 26.5 Å². The van der Waals surface area contributed by atoms with Gasteiger partial charge >= 0.3 is 0 Å². The van der Waals surface area contributed by atoms with E-state index in [0.29, 0.717) is 5.16 Å². The summed E-state index contributed by atoms with van der Waals surface area (Å²) in [7, 11) is 0. The van der Waals surface area contributed by atoms with Crippen molar-refractivity contribution >= 4 is 17.6 Å². The molecule has 0 amide bonds. The highest BCUT2D eigenvalue weighted by atomic mass is 32.2. The highest BCUT2D eigenvalue weighted by Crippen LogP contribution is 2.22. The standard InChI is InChI=1S/C11H13N5S/c1-3-13-9-6-12-7-10(16-9)17-11-14-5-4-8(2)15-11/h4-7H,3H2,1-2H3,(H,13,16). The first-order valence-corrected chi connectivity index (χ1v) is 6.13. The average molecular weight is 247 g/mol. The fraction of sp³-hybridized carbons (Fsp3) is 0.273. The number of rotatable bonds is 4. The smallest absolute Gasteiger partial charge is 0.194 e. The first kappa shape index (κ1) is 11.8. The van der Waals surface area contributed by atoms with Gasteiger partial charge in [-0.25, -0.2) is 15.0 Å². The first-order chi connectivity index (χ1) is 8.28. The lowest BCUT2D eigenvalue weighted by atomic mass is 10.5. The lowest BCUT2D eigenvalue weighted by Gasteiger charge is -2.03. The summed E-state index contributed by atoms with van der Waals surface area (Å²) in [6.07, 6.45) is 5.15. The van der Waals surface area contributed by atoms with Crippen LogP contribution in [0.1, 0.15) is 12.6 Å². The molecule has 1 N–H and O–H groups in total. The molecule has 17 heavy (non-hydrogen) atoms. The quantitative estimate of drug-likeness (QED) is 0.835. The Bertz CT molecular complexity index is 503. The van der Waals surface area contributed by atoms with E-state index in [1.54, 1.807) is 18.6 Å². The van der Waals surface area contributed by atoms with E-state index in [0.717, 1.165) is 23.1 Å². The van der Waals surface area contributed by atoms with Gasteiger partial charge in [-0.15, -0.1) is 0 Å². The van der Waals surface area contributed by atoms with Crippen LogP contribution >= 0.6 is 11.8 Å². The number of aromatic nitrogens is 4. The van der Waals surface area contributed by atoms with Gasteiger partial charge in [0.1, 0.15) is 10.8 Å². The molecule has 0 aliphatic rings. The van der Waals surface area contributed by atoms with Crippen LogP contribution in [0.4, 0.5) is 5.82 Å². The molecule has 0 fully saturated rings. The highest BCUT2D eigenvalue weighted by molar-refractivity contribution is 7.99. The van der Waals surface area contributed by atoms with Gasteiger partial charge in [0.25, 0.3) is 0 Å². The van der Waals surface area contributed by atoms with Gasteiger partial charge in [0.05, 0.1) is 12.4 Å². The predicted octanol–water partition coefficient (Wildman–Crippen LogP) is 2.16. The highest BCUT2D eigenvalue weighted by Gasteiger charge is 2.03. The van der Waals surface area contributed by atoms with Crippen LogP contribution in [0.5, 0.6) is 0 Å². The van der Waals surface area contributed by atoms with Crippen LogP contribution in [-0.2, 0) is 0 Å². The Morgan fingerprint density at radius 1 is 1.29 bits per heavy atom. The lowest BCUT2D eigenvalue weighted by molar-refractivity contribution is 0.924. The van der Waals surface area contributed by atoms with Crippen molar-refractivity contribution in [2.45, 2.75) is 24.0 Å². The molecule has 0 spiro atoms. The molecule has 0 atom stereocenters. The van der Waals surface area contributed by atoms with Gasteiger partial charge in [-0.1, -0.05) is 0 Å². The van der Waals surface area contributed by atoms with Gasteiger partial charge in [-0.2, -0.15) is 0 Å². The Morgan fingerprint density at radius 3 is 2.94 bits per heavy atom. The molecule has 2 rings (SSSR count). The molecule has 0 saturated heterocycles. The summed E-state index contributed by atoms with van der Waals surface area (Å²) in [6.45, 7) is 4.78. The van der Waals surface area contributed by atoms with Gasteiger partial charge in [0.15, 0.2) is 5.16 Å². The molecule has 0 bridgehead atoms. The molecular formula is C11H13N5S. The molecule has 0 radical (unpaired) electrons. The third kappa shape index (κ3) is 3.39. The summed E-state index contributed by atoms with van der Waals surface area (Å²) in [4.78, 5) is 17.0. The maximum absolute atomic E-state index is 4.40. The number of anilines is 1. The Hall–Kier alpha value is -1.69. The minimum Gasteiger partial charge on any atom is -0.369 e. The molecule has 2 heterocycles. The third-order valence-electron chi connectivity index (χ3n) is 1.94. The Kier molecular flexibility index (Phi) is 3.87. The summed E-state index contributed by atoms with van der Waals surface area (Å²) in [6, 6.07) is 1.87. The van der Waals surface area contributed by atoms with E-state index in [9.17, 15) is 0 Å². The minimum absolute atomic E-state index is 0.688. The molecule has 0 aromatic carbocycles. The van der Waals surface area contributed by atoms with Gasteiger partial charge < -0.3 is 5.32 Å². The van der Waals surface area contributed by atoms with Crippen molar-refractivity contribution in [2.75, 3.05) is 11.9 Å². The molecule has 88 valence electrons. The fourth-order valence-corrected chi connectivity index (χ4v) is 1.98. The Labute approximate surface area is 104 Å². The third-order valence-corrected chi connectivity index (χ3v) is 2.72. The van der Waals surface area contributed by atoms with E-state index < -0.39 is 0 Å². The van der Waals surface area contributed by atoms with Crippen molar-refractivity contribution in [1.29, 1.82) is 0 Å². The van der Waals surface area contributed by atoms with Crippen molar-refractivity contribution < 1.29 is 0 Å². The van der Waals surface area contributed by atoms with Crippen molar-refractivity contribution in [3.8, 4) is 0 Å². The van der Waals surface area contributed by atoms with E-state index in [4.69, 9.17) is 0 Å². The van der Waals surface area contributed by atoms with Crippen molar-refractivity contribution in [3.05, 3.63) is 30.4 Å². The second kappa shape index (κ2) is 5.58. The fourth-order valence-electron chi connectivity index (χ4n) is 1.23. The van der Waals surface area contributed by atoms with Crippen molar-refractivity contribution in [1.82, 2.24) is 19.9 Å². The van der Waals surface area contributed by atoms with Crippen LogP contribution in [0, 0.1) is 6.92 Å². The van der Waals surface area contributed by atoms with E-state index >= 15 is 0 Å². The molecule has 6 heteroatoms. The zero-order chi connectivity index (χ0) is 12.1. The van der Waals surface area contributed by atoms with Crippen LogP contribution in [0.2, 0.25) is 0 Å². The van der Waals surface area contributed by atoms with Crippen LogP contribution in [0.15, 0.2) is 34.8 Å². The number of nitrogens with zero attached hydrogens (tertiary/aromatic N) is 4. The second-order valence-corrected chi connectivity index (χ2v) is 4.34. The number of aryl methyl sites for hydroxylation is 1. The van der Waals surface area contributed by atoms with Crippen LogP contribution < -0.4 is 5.32 Å². The first-order valence-electron chi connectivity index (χ1n) is 5.31. The molecule has 0 saturated carbocycles. The monoisotopic (exact) mass is 247 g/mol. The zero-order valence-corrected chi connectivity index (χ0v) is 10.5. The summed E-state index contributed by atoms with van der Waals surface area (Å²) in [5, 5.41) is 4.59. The summed E-state index contributed by atoms with van der Waals surface area (Å²) in [5.41, 5.74) is 0.943. The molecule has 2 aromatic heterocycles. The van der Waals surface area contributed by atoms with Gasteiger partial charge in [-0.3, -0.25) is 4.98 Å². The maximum atomic E-state index is 4.40. The van der Waals surface area contributed by atoms with E-state index in [-0.39, 0.29) is 0 Å². The maximum Gasteiger partial charge on any atom is 0.194 e. The number of nitrogens with one attached hydrogen (secondary N) is 1. The normalized spacial score (nSPS) is 10.2.